The third kappa shape index (κ3) is 4.50. The molecule has 0 saturated carbocycles. The molecule has 11 heteroatoms. The summed E-state index contributed by atoms with van der Waals surface area (Å²) < 4.78 is 35.5. The molecule has 3 heterocycles. The highest BCUT2D eigenvalue weighted by Crippen LogP contribution is 2.32. The third-order valence-corrected chi connectivity index (χ3v) is 7.81. The van der Waals surface area contributed by atoms with Gasteiger partial charge in [-0.3, -0.25) is 9.48 Å². The molecule has 10 nitrogen and oxygen atoms in total. The lowest BCUT2D eigenvalue weighted by Crippen LogP contribution is -2.47. The number of rotatable bonds is 8. The average Bonchev–Trinajstić information content (AvgIpc) is 3.13. The van der Waals surface area contributed by atoms with E-state index in [2.05, 4.69) is 21.6 Å². The van der Waals surface area contributed by atoms with Gasteiger partial charge in [-0.1, -0.05) is 26.0 Å². The van der Waals surface area contributed by atoms with E-state index in [1.807, 2.05) is 14.0 Å². The molecule has 34 heavy (non-hydrogen) atoms. The van der Waals surface area contributed by atoms with Crippen LogP contribution >= 0.6 is 0 Å². The molecular weight excluding hydrogens is 456 g/mol. The zero-order chi connectivity index (χ0) is 24.5. The van der Waals surface area contributed by atoms with Crippen LogP contribution in [0, 0.1) is 0 Å². The number of hydrogen-bond acceptors (Lipinski definition) is 7. The highest BCUT2D eigenvalue weighted by Gasteiger charge is 2.29. The number of ether oxygens (including phenoxy) is 1. The zero-order valence-electron chi connectivity index (χ0n) is 19.7. The van der Waals surface area contributed by atoms with Gasteiger partial charge in [0.25, 0.3) is 5.56 Å². The normalized spacial score (nSPS) is 15.6. The highest BCUT2D eigenvalue weighted by molar-refractivity contribution is 7.89. The molecule has 0 spiro atoms. The smallest absolute Gasteiger partial charge is 0.277 e. The van der Waals surface area contributed by atoms with E-state index in [4.69, 9.17) is 9.72 Å². The molecular formula is C23H30N6O4S. The number of aromatic nitrogens is 4. The largest absolute Gasteiger partial charge is 0.489 e. The number of hydrogen-bond donors (Lipinski definition) is 1. The number of nitrogens with zero attached hydrogens (tertiary/aromatic N) is 5. The maximum Gasteiger partial charge on any atom is 0.277 e. The minimum absolute atomic E-state index is 0.126. The lowest BCUT2D eigenvalue weighted by atomic mass is 10.1. The van der Waals surface area contributed by atoms with Crippen LogP contribution in [0.4, 0.5) is 0 Å². The summed E-state index contributed by atoms with van der Waals surface area (Å²) in [6.07, 6.45) is 3.12. The van der Waals surface area contributed by atoms with Crippen molar-refractivity contribution in [1.82, 2.24) is 29.0 Å². The molecule has 0 aliphatic carbocycles. The van der Waals surface area contributed by atoms with Crippen molar-refractivity contribution in [2.75, 3.05) is 39.8 Å². The first-order chi connectivity index (χ1) is 16.3. The van der Waals surface area contributed by atoms with Gasteiger partial charge in [0.05, 0.1) is 16.2 Å². The summed E-state index contributed by atoms with van der Waals surface area (Å²) in [6, 6.07) is 4.65. The fourth-order valence-corrected chi connectivity index (χ4v) is 5.54. The number of H-pyrrole nitrogens is 1. The number of aromatic amines is 1. The summed E-state index contributed by atoms with van der Waals surface area (Å²) in [5.41, 5.74) is 1.65. The Labute approximate surface area is 198 Å². The Morgan fingerprint density at radius 3 is 2.62 bits per heavy atom. The van der Waals surface area contributed by atoms with Crippen LogP contribution in [0.2, 0.25) is 0 Å². The van der Waals surface area contributed by atoms with Gasteiger partial charge in [0.2, 0.25) is 10.0 Å². The first-order valence-electron chi connectivity index (χ1n) is 11.3. The van der Waals surface area contributed by atoms with Gasteiger partial charge in [-0.2, -0.15) is 9.40 Å². The zero-order valence-corrected chi connectivity index (χ0v) is 20.6. The molecule has 1 aliphatic heterocycles. The molecule has 182 valence electrons. The number of fused-ring (bicyclic) bond motifs is 1. The van der Waals surface area contributed by atoms with Gasteiger partial charge in [-0.05, 0) is 31.7 Å². The van der Waals surface area contributed by atoms with Crippen molar-refractivity contribution < 1.29 is 13.2 Å². The van der Waals surface area contributed by atoms with Crippen molar-refractivity contribution in [3.05, 3.63) is 46.9 Å². The highest BCUT2D eigenvalue weighted by atomic mass is 32.2. The van der Waals surface area contributed by atoms with Gasteiger partial charge in [0.1, 0.15) is 23.7 Å². The van der Waals surface area contributed by atoms with E-state index < -0.39 is 10.0 Å². The van der Waals surface area contributed by atoms with Crippen LogP contribution in [0.15, 0.2) is 40.5 Å². The van der Waals surface area contributed by atoms with Crippen LogP contribution in [-0.4, -0.2) is 77.2 Å². The summed E-state index contributed by atoms with van der Waals surface area (Å²) in [5, 5.41) is 4.45. The van der Waals surface area contributed by atoms with Crippen LogP contribution < -0.4 is 10.3 Å². The molecule has 2 aromatic heterocycles. The van der Waals surface area contributed by atoms with Gasteiger partial charge in [0, 0.05) is 33.2 Å². The predicted molar refractivity (Wildman–Crippen MR) is 131 cm³/mol. The lowest BCUT2D eigenvalue weighted by molar-refractivity contribution is 0.222. The second-order valence-corrected chi connectivity index (χ2v) is 10.3. The molecule has 0 atom stereocenters. The van der Waals surface area contributed by atoms with Crippen molar-refractivity contribution in [3.63, 3.8) is 0 Å². The molecule has 4 rings (SSSR count). The molecule has 1 fully saturated rings. The van der Waals surface area contributed by atoms with Gasteiger partial charge in [-0.15, -0.1) is 0 Å². The summed E-state index contributed by atoms with van der Waals surface area (Å²) in [6.45, 7) is 8.09. The van der Waals surface area contributed by atoms with E-state index >= 15 is 0 Å². The Kier molecular flexibility index (Phi) is 6.87. The molecule has 1 aliphatic rings. The third-order valence-electron chi connectivity index (χ3n) is 5.91. The quantitative estimate of drug-likeness (QED) is 0.483. The summed E-state index contributed by atoms with van der Waals surface area (Å²) in [4.78, 5) is 22.7. The van der Waals surface area contributed by atoms with Crippen molar-refractivity contribution in [2.24, 2.45) is 7.05 Å². The van der Waals surface area contributed by atoms with Crippen LogP contribution in [-0.2, 0) is 23.5 Å². The van der Waals surface area contributed by atoms with E-state index in [9.17, 15) is 13.2 Å². The Hall–Kier alpha value is -3.02. The molecule has 1 saturated heterocycles. The SMILES string of the molecule is C=CCOc1ccc(S(=O)(=O)N2CCN(C)CC2)cc1-c1nc2c(CCC)nn(C)c2c(=O)[nH]1. The number of nitrogens with one attached hydrogen (secondary N) is 1. The fourth-order valence-electron chi connectivity index (χ4n) is 4.09. The van der Waals surface area contributed by atoms with Gasteiger partial charge < -0.3 is 14.6 Å². The lowest BCUT2D eigenvalue weighted by Gasteiger charge is -2.31. The summed E-state index contributed by atoms with van der Waals surface area (Å²) in [5.74, 6) is 0.637. The first kappa shape index (κ1) is 24.1. The molecule has 1 aromatic carbocycles. The van der Waals surface area contributed by atoms with Gasteiger partial charge in [-0.25, -0.2) is 13.4 Å². The van der Waals surface area contributed by atoms with Crippen LogP contribution in [0.1, 0.15) is 19.0 Å². The fraction of sp³-hybridized carbons (Fsp3) is 0.435. The Morgan fingerprint density at radius 1 is 1.21 bits per heavy atom. The number of aryl methyl sites for hydroxylation is 2. The van der Waals surface area contributed by atoms with Gasteiger partial charge >= 0.3 is 0 Å². The maximum absolute atomic E-state index is 13.4. The number of piperazine rings is 1. The predicted octanol–water partition coefficient (Wildman–Crippen LogP) is 1.78. The summed E-state index contributed by atoms with van der Waals surface area (Å²) >= 11 is 0. The Bertz CT molecular complexity index is 1370. The molecule has 0 unspecified atom stereocenters. The summed E-state index contributed by atoms with van der Waals surface area (Å²) in [7, 11) is -0.0461. The number of sulfonamides is 1. The standard InChI is InChI=1S/C23H30N6O4S/c1-5-7-18-20-21(28(4)26-18)23(30)25-22(24-20)17-15-16(8-9-19(17)33-14-6-2)34(31,32)29-12-10-27(3)11-13-29/h6,8-9,15H,2,5,7,10-14H2,1,3-4H3,(H,24,25,30). The Morgan fingerprint density at radius 2 is 1.94 bits per heavy atom. The minimum Gasteiger partial charge on any atom is -0.489 e. The second kappa shape index (κ2) is 9.69. The van der Waals surface area contributed by atoms with Crippen LogP contribution in [0.3, 0.4) is 0 Å². The second-order valence-electron chi connectivity index (χ2n) is 8.40. The molecule has 0 bridgehead atoms. The molecule has 1 N–H and O–H groups in total. The van der Waals surface area contributed by atoms with E-state index in [0.29, 0.717) is 54.9 Å². The van der Waals surface area contributed by atoms with E-state index in [1.54, 1.807) is 19.2 Å². The van der Waals surface area contributed by atoms with E-state index in [0.717, 1.165) is 12.1 Å². The van der Waals surface area contributed by atoms with Crippen molar-refractivity contribution in [1.29, 1.82) is 0 Å². The van der Waals surface area contributed by atoms with Crippen molar-refractivity contribution >= 4 is 21.1 Å². The molecule has 0 radical (unpaired) electrons. The van der Waals surface area contributed by atoms with E-state index in [1.165, 1.54) is 21.1 Å². The van der Waals surface area contributed by atoms with Crippen LogP contribution in [0.5, 0.6) is 5.75 Å². The number of benzene rings is 1. The topological polar surface area (TPSA) is 113 Å². The molecule has 0 amide bonds. The first-order valence-corrected chi connectivity index (χ1v) is 12.7. The number of likely N-dealkylation sites (N-methyl/N-ethyl adjacent to an activating group) is 1. The van der Waals surface area contributed by atoms with Gasteiger partial charge in [0.15, 0.2) is 5.52 Å². The maximum atomic E-state index is 13.4. The average molecular weight is 487 g/mol. The van der Waals surface area contributed by atoms with Crippen LogP contribution in [0.25, 0.3) is 22.4 Å². The Balaban J connectivity index is 1.86. The monoisotopic (exact) mass is 486 g/mol. The molecule has 3 aromatic rings. The minimum atomic E-state index is -3.72. The van der Waals surface area contributed by atoms with E-state index in [-0.39, 0.29) is 22.9 Å². The van der Waals surface area contributed by atoms with Crippen molar-refractivity contribution in [2.45, 2.75) is 24.7 Å². The van der Waals surface area contributed by atoms with Crippen molar-refractivity contribution in [3.8, 4) is 17.1 Å².